The summed E-state index contributed by atoms with van der Waals surface area (Å²) in [4.78, 5) is 0. The summed E-state index contributed by atoms with van der Waals surface area (Å²) in [5.41, 5.74) is 6.28. The second-order valence-electron chi connectivity index (χ2n) is 2.65. The Bertz CT molecular complexity index is 352. The molecule has 0 aromatic heterocycles. The number of nitrogens with two attached hydrogens (primary N) is 1. The van der Waals surface area contributed by atoms with E-state index in [0.717, 1.165) is 15.8 Å². The molecule has 0 unspecified atom stereocenters. The quantitative estimate of drug-likeness (QED) is 0.921. The number of halogens is 2. The van der Waals surface area contributed by atoms with Gasteiger partial charge in [0.1, 0.15) is 5.75 Å². The van der Waals surface area contributed by atoms with Crippen molar-refractivity contribution in [3.63, 3.8) is 0 Å². The van der Waals surface area contributed by atoms with Crippen LogP contribution in [-0.4, -0.2) is 13.7 Å². The SMILES string of the molecule is COc1cc(Cl)c(/C=C/CN)cc1Br. The molecule has 4 heteroatoms. The van der Waals surface area contributed by atoms with E-state index in [9.17, 15) is 0 Å². The second-order valence-corrected chi connectivity index (χ2v) is 3.91. The molecule has 0 fully saturated rings. The number of hydrogen-bond acceptors (Lipinski definition) is 2. The summed E-state index contributed by atoms with van der Waals surface area (Å²) in [6.45, 7) is 0.500. The van der Waals surface area contributed by atoms with Gasteiger partial charge in [0, 0.05) is 12.6 Å². The summed E-state index contributed by atoms with van der Waals surface area (Å²) in [6.07, 6.45) is 3.73. The zero-order chi connectivity index (χ0) is 10.6. The van der Waals surface area contributed by atoms with Gasteiger partial charge in [0.2, 0.25) is 0 Å². The van der Waals surface area contributed by atoms with Crippen LogP contribution in [0.5, 0.6) is 5.75 Å². The third-order valence-electron chi connectivity index (χ3n) is 1.70. The first-order valence-corrected chi connectivity index (χ1v) is 5.25. The molecule has 1 aromatic rings. The lowest BCUT2D eigenvalue weighted by Gasteiger charge is -2.05. The topological polar surface area (TPSA) is 35.2 Å². The van der Waals surface area contributed by atoms with E-state index in [1.807, 2.05) is 18.2 Å². The molecule has 1 rings (SSSR count). The molecule has 76 valence electrons. The molecular formula is C10H11BrClNO. The summed E-state index contributed by atoms with van der Waals surface area (Å²) in [5, 5.41) is 0.648. The molecule has 0 saturated carbocycles. The molecule has 2 N–H and O–H groups in total. The maximum Gasteiger partial charge on any atom is 0.134 e. The largest absolute Gasteiger partial charge is 0.496 e. The molecule has 1 aromatic carbocycles. The number of benzene rings is 1. The molecule has 0 aliphatic heterocycles. The van der Waals surface area contributed by atoms with Crippen LogP contribution in [0.2, 0.25) is 5.02 Å². The number of ether oxygens (including phenoxy) is 1. The fraction of sp³-hybridized carbons (Fsp3) is 0.200. The van der Waals surface area contributed by atoms with Gasteiger partial charge in [-0.15, -0.1) is 0 Å². The minimum atomic E-state index is 0.500. The van der Waals surface area contributed by atoms with Gasteiger partial charge in [-0.25, -0.2) is 0 Å². The van der Waals surface area contributed by atoms with Crippen molar-refractivity contribution in [1.29, 1.82) is 0 Å². The summed E-state index contributed by atoms with van der Waals surface area (Å²) in [6, 6.07) is 3.66. The van der Waals surface area contributed by atoms with Crippen molar-refractivity contribution in [2.24, 2.45) is 5.73 Å². The van der Waals surface area contributed by atoms with Gasteiger partial charge in [-0.2, -0.15) is 0 Å². The van der Waals surface area contributed by atoms with Crippen LogP contribution in [0.15, 0.2) is 22.7 Å². The summed E-state index contributed by atoms with van der Waals surface area (Å²) >= 11 is 9.41. The Morgan fingerprint density at radius 2 is 2.29 bits per heavy atom. The molecule has 0 aliphatic rings. The predicted octanol–water partition coefficient (Wildman–Crippen LogP) is 3.08. The van der Waals surface area contributed by atoms with Crippen molar-refractivity contribution in [3.05, 3.63) is 33.3 Å². The van der Waals surface area contributed by atoms with Gasteiger partial charge >= 0.3 is 0 Å². The van der Waals surface area contributed by atoms with Crippen molar-refractivity contribution in [1.82, 2.24) is 0 Å². The van der Waals surface area contributed by atoms with Crippen LogP contribution < -0.4 is 10.5 Å². The van der Waals surface area contributed by atoms with E-state index in [1.165, 1.54) is 0 Å². The van der Waals surface area contributed by atoms with Gasteiger partial charge in [-0.05, 0) is 27.6 Å². The van der Waals surface area contributed by atoms with E-state index in [2.05, 4.69) is 15.9 Å². The lowest BCUT2D eigenvalue weighted by atomic mass is 10.2. The Balaban J connectivity index is 3.08. The van der Waals surface area contributed by atoms with Gasteiger partial charge in [0.15, 0.2) is 0 Å². The average Bonchev–Trinajstić information content (AvgIpc) is 2.18. The zero-order valence-corrected chi connectivity index (χ0v) is 10.1. The fourth-order valence-corrected chi connectivity index (χ4v) is 1.76. The Hall–Kier alpha value is -0.510. The zero-order valence-electron chi connectivity index (χ0n) is 7.76. The fourth-order valence-electron chi connectivity index (χ4n) is 1.02. The first-order chi connectivity index (χ1) is 6.69. The molecule has 0 heterocycles. The minimum absolute atomic E-state index is 0.500. The maximum absolute atomic E-state index is 6.02. The monoisotopic (exact) mass is 275 g/mol. The van der Waals surface area contributed by atoms with Gasteiger partial charge in [-0.3, -0.25) is 0 Å². The van der Waals surface area contributed by atoms with E-state index in [1.54, 1.807) is 13.2 Å². The lowest BCUT2D eigenvalue weighted by Crippen LogP contribution is -1.92. The average molecular weight is 277 g/mol. The highest BCUT2D eigenvalue weighted by Crippen LogP contribution is 2.31. The van der Waals surface area contributed by atoms with Crippen LogP contribution in [0.1, 0.15) is 5.56 Å². The predicted molar refractivity (Wildman–Crippen MR) is 63.8 cm³/mol. The van der Waals surface area contributed by atoms with Crippen LogP contribution in [0.3, 0.4) is 0 Å². The molecule has 14 heavy (non-hydrogen) atoms. The van der Waals surface area contributed by atoms with E-state index in [0.29, 0.717) is 11.6 Å². The highest BCUT2D eigenvalue weighted by atomic mass is 79.9. The van der Waals surface area contributed by atoms with Crippen LogP contribution in [0.4, 0.5) is 0 Å². The smallest absolute Gasteiger partial charge is 0.134 e. The van der Waals surface area contributed by atoms with Crippen molar-refractivity contribution in [2.75, 3.05) is 13.7 Å². The number of hydrogen-bond donors (Lipinski definition) is 1. The van der Waals surface area contributed by atoms with Gasteiger partial charge in [0.05, 0.1) is 16.6 Å². The molecule has 0 spiro atoms. The second kappa shape index (κ2) is 5.39. The molecule has 0 aliphatic carbocycles. The Morgan fingerprint density at radius 1 is 1.57 bits per heavy atom. The molecule has 0 atom stereocenters. The molecular weight excluding hydrogens is 265 g/mol. The van der Waals surface area contributed by atoms with Crippen molar-refractivity contribution >= 4 is 33.6 Å². The standard InChI is InChI=1S/C10H11BrClNO/c1-14-10-6-9(12)7(3-2-4-13)5-8(10)11/h2-3,5-6H,4,13H2,1H3/b3-2+. The Labute approximate surface area is 96.8 Å². The molecule has 2 nitrogen and oxygen atoms in total. The first kappa shape index (κ1) is 11.6. The maximum atomic E-state index is 6.02. The van der Waals surface area contributed by atoms with Crippen LogP contribution >= 0.6 is 27.5 Å². The van der Waals surface area contributed by atoms with Crippen molar-refractivity contribution in [3.8, 4) is 5.75 Å². The van der Waals surface area contributed by atoms with E-state index >= 15 is 0 Å². The van der Waals surface area contributed by atoms with E-state index in [4.69, 9.17) is 22.1 Å². The normalized spacial score (nSPS) is 10.9. The van der Waals surface area contributed by atoms with Gasteiger partial charge in [-0.1, -0.05) is 23.8 Å². The highest BCUT2D eigenvalue weighted by Gasteiger charge is 2.04. The van der Waals surface area contributed by atoms with Gasteiger partial charge < -0.3 is 10.5 Å². The minimum Gasteiger partial charge on any atom is -0.496 e. The summed E-state index contributed by atoms with van der Waals surface area (Å²) in [7, 11) is 1.60. The highest BCUT2D eigenvalue weighted by molar-refractivity contribution is 9.10. The number of rotatable bonds is 3. The van der Waals surface area contributed by atoms with Crippen molar-refractivity contribution < 1.29 is 4.74 Å². The van der Waals surface area contributed by atoms with E-state index < -0.39 is 0 Å². The number of methoxy groups -OCH3 is 1. The Morgan fingerprint density at radius 3 is 2.86 bits per heavy atom. The van der Waals surface area contributed by atoms with Crippen LogP contribution in [0.25, 0.3) is 6.08 Å². The van der Waals surface area contributed by atoms with Gasteiger partial charge in [0.25, 0.3) is 0 Å². The first-order valence-electron chi connectivity index (χ1n) is 4.08. The molecule has 0 bridgehead atoms. The van der Waals surface area contributed by atoms with E-state index in [-0.39, 0.29) is 0 Å². The Kier molecular flexibility index (Phi) is 4.45. The third-order valence-corrected chi connectivity index (χ3v) is 2.65. The third kappa shape index (κ3) is 2.74. The van der Waals surface area contributed by atoms with Crippen LogP contribution in [0, 0.1) is 0 Å². The van der Waals surface area contributed by atoms with Crippen molar-refractivity contribution in [2.45, 2.75) is 0 Å². The molecule has 0 amide bonds. The molecule has 0 saturated heterocycles. The summed E-state index contributed by atoms with van der Waals surface area (Å²) < 4.78 is 5.98. The molecule has 0 radical (unpaired) electrons. The summed E-state index contributed by atoms with van der Waals surface area (Å²) in [5.74, 6) is 0.722. The van der Waals surface area contributed by atoms with Crippen LogP contribution in [-0.2, 0) is 0 Å². The lowest BCUT2D eigenvalue weighted by molar-refractivity contribution is 0.412.